The number of aromatic nitrogens is 2. The summed E-state index contributed by atoms with van der Waals surface area (Å²) in [5.74, 6) is 0.678. The second-order valence-electron chi connectivity index (χ2n) is 4.97. The molecule has 0 bridgehead atoms. The van der Waals surface area contributed by atoms with Gasteiger partial charge in [-0.3, -0.25) is 0 Å². The van der Waals surface area contributed by atoms with Crippen LogP contribution < -0.4 is 5.32 Å². The molecule has 2 aromatic rings. The Balaban J connectivity index is 2.00. The summed E-state index contributed by atoms with van der Waals surface area (Å²) in [6.45, 7) is 6.41. The fraction of sp³-hybridized carbons (Fsp3) is 0.429. The molecular weight excluding hydrogens is 402 g/mol. The number of rotatable bonds is 6. The van der Waals surface area contributed by atoms with Gasteiger partial charge in [-0.1, -0.05) is 57.0 Å². The Labute approximate surface area is 140 Å². The molecule has 0 aliphatic rings. The minimum atomic E-state index is 0.678. The molecule has 0 saturated heterocycles. The van der Waals surface area contributed by atoms with Crippen LogP contribution in [0.2, 0.25) is 0 Å². The number of hydrogen-bond acceptors (Lipinski definition) is 4. The highest BCUT2D eigenvalue weighted by molar-refractivity contribution is 9.11. The molecule has 0 aliphatic heterocycles. The summed E-state index contributed by atoms with van der Waals surface area (Å²) in [6.07, 6.45) is 0.927. The van der Waals surface area contributed by atoms with Crippen molar-refractivity contribution in [2.45, 2.75) is 20.3 Å². The molecule has 3 nitrogen and oxygen atoms in total. The van der Waals surface area contributed by atoms with Gasteiger partial charge in [0.25, 0.3) is 0 Å². The van der Waals surface area contributed by atoms with Gasteiger partial charge in [0.2, 0.25) is 0 Å². The maximum atomic E-state index is 4.29. The van der Waals surface area contributed by atoms with Gasteiger partial charge in [0.05, 0.1) is 0 Å². The van der Waals surface area contributed by atoms with Crippen LogP contribution in [0.3, 0.4) is 0 Å². The Morgan fingerprint density at radius 2 is 2.05 bits per heavy atom. The Kier molecular flexibility index (Phi) is 6.14. The van der Waals surface area contributed by atoms with Gasteiger partial charge >= 0.3 is 0 Å². The van der Waals surface area contributed by atoms with Crippen LogP contribution in [0.25, 0.3) is 10.6 Å². The van der Waals surface area contributed by atoms with E-state index in [1.54, 1.807) is 11.3 Å². The fourth-order valence-corrected chi connectivity index (χ4v) is 3.51. The third-order valence-corrected chi connectivity index (χ3v) is 4.89. The number of halogens is 2. The Hall–Kier alpha value is -0.300. The van der Waals surface area contributed by atoms with Crippen molar-refractivity contribution in [2.75, 3.05) is 13.1 Å². The van der Waals surface area contributed by atoms with Gasteiger partial charge in [0.15, 0.2) is 0 Å². The van der Waals surface area contributed by atoms with Crippen molar-refractivity contribution in [3.8, 4) is 10.6 Å². The highest BCUT2D eigenvalue weighted by Crippen LogP contribution is 2.32. The van der Waals surface area contributed by atoms with Crippen LogP contribution in [0.1, 0.15) is 18.9 Å². The molecule has 0 saturated carbocycles. The molecule has 0 amide bonds. The zero-order valence-corrected chi connectivity index (χ0v) is 15.5. The van der Waals surface area contributed by atoms with Crippen molar-refractivity contribution in [3.63, 3.8) is 0 Å². The van der Waals surface area contributed by atoms with E-state index in [0.29, 0.717) is 5.92 Å². The lowest BCUT2D eigenvalue weighted by Gasteiger charge is -2.05. The van der Waals surface area contributed by atoms with E-state index < -0.39 is 0 Å². The van der Waals surface area contributed by atoms with Gasteiger partial charge in [-0.05, 0) is 30.7 Å². The zero-order chi connectivity index (χ0) is 14.5. The molecule has 1 aromatic carbocycles. The first kappa shape index (κ1) is 16.1. The van der Waals surface area contributed by atoms with E-state index in [1.807, 2.05) is 12.1 Å². The average Bonchev–Trinajstić information content (AvgIpc) is 2.86. The lowest BCUT2D eigenvalue weighted by Crippen LogP contribution is -2.22. The number of nitrogens with one attached hydrogen (secondary N) is 1. The molecule has 0 fully saturated rings. The van der Waals surface area contributed by atoms with E-state index >= 15 is 0 Å². The molecule has 0 unspecified atom stereocenters. The van der Waals surface area contributed by atoms with Crippen molar-refractivity contribution in [2.24, 2.45) is 5.92 Å². The van der Waals surface area contributed by atoms with Crippen LogP contribution in [-0.4, -0.2) is 23.3 Å². The fourth-order valence-electron chi connectivity index (χ4n) is 1.71. The lowest BCUT2D eigenvalue weighted by atomic mass is 10.2. The molecule has 0 spiro atoms. The standard InChI is InChI=1S/C14H17Br2N3S/c1-9(2)8-17-6-5-13-18-19-14(20-13)11-7-10(15)3-4-12(11)16/h3-4,7,9,17H,5-6,8H2,1-2H3. The monoisotopic (exact) mass is 417 g/mol. The van der Waals surface area contributed by atoms with Crippen LogP contribution in [0, 0.1) is 5.92 Å². The topological polar surface area (TPSA) is 37.8 Å². The normalized spacial score (nSPS) is 11.2. The highest BCUT2D eigenvalue weighted by atomic mass is 79.9. The second kappa shape index (κ2) is 7.64. The molecule has 1 N–H and O–H groups in total. The predicted octanol–water partition coefficient (Wildman–Crippen LogP) is 4.52. The van der Waals surface area contributed by atoms with Crippen LogP contribution >= 0.6 is 43.2 Å². The molecule has 0 aliphatic carbocycles. The number of benzene rings is 1. The Morgan fingerprint density at radius 1 is 1.25 bits per heavy atom. The molecule has 0 atom stereocenters. The van der Waals surface area contributed by atoms with E-state index in [0.717, 1.165) is 44.0 Å². The first-order chi connectivity index (χ1) is 9.56. The van der Waals surface area contributed by atoms with Gasteiger partial charge in [0.1, 0.15) is 10.0 Å². The summed E-state index contributed by atoms with van der Waals surface area (Å²) in [5, 5.41) is 14.0. The maximum absolute atomic E-state index is 4.29. The molecule has 1 aromatic heterocycles. The molecule has 2 rings (SSSR count). The number of hydrogen-bond donors (Lipinski definition) is 1. The smallest absolute Gasteiger partial charge is 0.148 e. The first-order valence-electron chi connectivity index (χ1n) is 6.55. The van der Waals surface area contributed by atoms with E-state index in [4.69, 9.17) is 0 Å². The minimum absolute atomic E-state index is 0.678. The Bertz CT molecular complexity index is 569. The predicted molar refractivity (Wildman–Crippen MR) is 92.2 cm³/mol. The molecular formula is C14H17Br2N3S. The summed E-state index contributed by atoms with van der Waals surface area (Å²) in [5.41, 5.74) is 1.08. The molecule has 6 heteroatoms. The van der Waals surface area contributed by atoms with Crippen molar-refractivity contribution in [1.29, 1.82) is 0 Å². The van der Waals surface area contributed by atoms with Gasteiger partial charge in [0, 0.05) is 27.5 Å². The van der Waals surface area contributed by atoms with Crippen LogP contribution in [0.15, 0.2) is 27.1 Å². The third-order valence-electron chi connectivity index (χ3n) is 2.69. The Morgan fingerprint density at radius 3 is 2.80 bits per heavy atom. The summed E-state index contributed by atoms with van der Waals surface area (Å²) in [6, 6.07) is 6.08. The zero-order valence-electron chi connectivity index (χ0n) is 11.5. The summed E-state index contributed by atoms with van der Waals surface area (Å²) in [4.78, 5) is 0. The van der Waals surface area contributed by atoms with E-state index in [9.17, 15) is 0 Å². The number of nitrogens with zero attached hydrogens (tertiary/aromatic N) is 2. The quantitative estimate of drug-likeness (QED) is 0.700. The maximum Gasteiger partial charge on any atom is 0.148 e. The highest BCUT2D eigenvalue weighted by Gasteiger charge is 2.10. The van der Waals surface area contributed by atoms with E-state index in [2.05, 4.69) is 67.3 Å². The van der Waals surface area contributed by atoms with E-state index in [-0.39, 0.29) is 0 Å². The summed E-state index contributed by atoms with van der Waals surface area (Å²) < 4.78 is 2.09. The van der Waals surface area contributed by atoms with Crippen LogP contribution in [0.4, 0.5) is 0 Å². The molecule has 0 radical (unpaired) electrons. The van der Waals surface area contributed by atoms with Crippen LogP contribution in [-0.2, 0) is 6.42 Å². The minimum Gasteiger partial charge on any atom is -0.316 e. The van der Waals surface area contributed by atoms with Crippen LogP contribution in [0.5, 0.6) is 0 Å². The first-order valence-corrected chi connectivity index (χ1v) is 8.95. The van der Waals surface area contributed by atoms with Gasteiger partial charge in [-0.15, -0.1) is 10.2 Å². The lowest BCUT2D eigenvalue weighted by molar-refractivity contribution is 0.553. The summed E-state index contributed by atoms with van der Waals surface area (Å²) >= 11 is 8.71. The van der Waals surface area contributed by atoms with Crippen molar-refractivity contribution < 1.29 is 0 Å². The summed E-state index contributed by atoms with van der Waals surface area (Å²) in [7, 11) is 0. The largest absolute Gasteiger partial charge is 0.316 e. The van der Waals surface area contributed by atoms with Gasteiger partial charge < -0.3 is 5.32 Å². The van der Waals surface area contributed by atoms with Gasteiger partial charge in [-0.2, -0.15) is 0 Å². The van der Waals surface area contributed by atoms with Crippen molar-refractivity contribution >= 4 is 43.2 Å². The SMILES string of the molecule is CC(C)CNCCc1nnc(-c2cc(Br)ccc2Br)s1. The van der Waals surface area contributed by atoms with E-state index in [1.165, 1.54) is 0 Å². The third kappa shape index (κ3) is 4.62. The van der Waals surface area contributed by atoms with Crippen molar-refractivity contribution in [1.82, 2.24) is 15.5 Å². The second-order valence-corrected chi connectivity index (χ2v) is 7.81. The van der Waals surface area contributed by atoms with Crippen molar-refractivity contribution in [3.05, 3.63) is 32.2 Å². The molecule has 108 valence electrons. The molecule has 1 heterocycles. The average molecular weight is 419 g/mol. The molecule has 20 heavy (non-hydrogen) atoms. The van der Waals surface area contributed by atoms with Gasteiger partial charge in [-0.25, -0.2) is 0 Å².